The van der Waals surface area contributed by atoms with Gasteiger partial charge in [-0.3, -0.25) is 0 Å². The Balaban J connectivity index is 2.16. The Bertz CT molecular complexity index is 621. The first-order valence-corrected chi connectivity index (χ1v) is 5.87. The lowest BCUT2D eigenvalue weighted by atomic mass is 10.2. The van der Waals surface area contributed by atoms with Crippen molar-refractivity contribution in [3.8, 4) is 23.0 Å². The number of carbonyl (C=O) groups excluding carboxylic acids is 1. The molecule has 0 unspecified atom stereocenters. The van der Waals surface area contributed by atoms with Crippen LogP contribution >= 0.6 is 0 Å². The summed E-state index contributed by atoms with van der Waals surface area (Å²) >= 11 is 0. The first kappa shape index (κ1) is 13.7. The van der Waals surface area contributed by atoms with Crippen molar-refractivity contribution in [1.29, 1.82) is 0 Å². The molecule has 0 bridgehead atoms. The second-order valence-corrected chi connectivity index (χ2v) is 3.96. The van der Waals surface area contributed by atoms with Crippen LogP contribution in [0.25, 0.3) is 0 Å². The van der Waals surface area contributed by atoms with Crippen molar-refractivity contribution in [3.05, 3.63) is 48.0 Å². The standard InChI is InChI=1S/C15H14O5/c1-18-11-5-3-4-10(8-11)15(17)20-12-6-7-14(19-2)13(16)9-12/h3-9,16H,1-2H3. The van der Waals surface area contributed by atoms with Gasteiger partial charge in [-0.1, -0.05) is 6.07 Å². The van der Waals surface area contributed by atoms with E-state index in [-0.39, 0.29) is 11.5 Å². The molecule has 0 atom stereocenters. The third-order valence-electron chi connectivity index (χ3n) is 2.67. The molecular weight excluding hydrogens is 260 g/mol. The lowest BCUT2D eigenvalue weighted by Crippen LogP contribution is -2.08. The number of esters is 1. The van der Waals surface area contributed by atoms with Crippen LogP contribution in [0, 0.1) is 0 Å². The Kier molecular flexibility index (Phi) is 4.10. The van der Waals surface area contributed by atoms with Crippen molar-refractivity contribution >= 4 is 5.97 Å². The van der Waals surface area contributed by atoms with Gasteiger partial charge in [-0.15, -0.1) is 0 Å². The van der Waals surface area contributed by atoms with Crippen LogP contribution in [-0.2, 0) is 0 Å². The summed E-state index contributed by atoms with van der Waals surface area (Å²) in [6.07, 6.45) is 0. The van der Waals surface area contributed by atoms with E-state index >= 15 is 0 Å². The van der Waals surface area contributed by atoms with Crippen LogP contribution in [0.2, 0.25) is 0 Å². The molecule has 1 N–H and O–H groups in total. The molecule has 2 aromatic carbocycles. The summed E-state index contributed by atoms with van der Waals surface area (Å²) < 4.78 is 15.1. The normalized spacial score (nSPS) is 9.90. The van der Waals surface area contributed by atoms with Crippen LogP contribution in [0.1, 0.15) is 10.4 Å². The van der Waals surface area contributed by atoms with Crippen LogP contribution in [0.4, 0.5) is 0 Å². The summed E-state index contributed by atoms with van der Waals surface area (Å²) in [5.41, 5.74) is 0.361. The fourth-order valence-electron chi connectivity index (χ4n) is 1.65. The zero-order valence-electron chi connectivity index (χ0n) is 11.1. The number of hydrogen-bond donors (Lipinski definition) is 1. The Hall–Kier alpha value is -2.69. The lowest BCUT2D eigenvalue weighted by molar-refractivity contribution is 0.0734. The largest absolute Gasteiger partial charge is 0.504 e. The third-order valence-corrected chi connectivity index (χ3v) is 2.67. The molecule has 0 aliphatic rings. The Morgan fingerprint density at radius 1 is 1.00 bits per heavy atom. The molecule has 2 aromatic rings. The van der Waals surface area contributed by atoms with Crippen LogP contribution in [0.15, 0.2) is 42.5 Å². The molecule has 0 aliphatic heterocycles. The molecule has 0 saturated heterocycles. The molecule has 0 fully saturated rings. The van der Waals surface area contributed by atoms with Gasteiger partial charge in [-0.05, 0) is 30.3 Å². The SMILES string of the molecule is COc1cccc(C(=O)Oc2ccc(OC)c(O)c2)c1. The molecule has 0 saturated carbocycles. The summed E-state index contributed by atoms with van der Waals surface area (Å²) in [5.74, 6) is 0.483. The summed E-state index contributed by atoms with van der Waals surface area (Å²) in [6, 6.07) is 11.0. The first-order valence-electron chi connectivity index (χ1n) is 5.87. The molecular formula is C15H14O5. The van der Waals surface area contributed by atoms with Crippen molar-refractivity contribution in [2.75, 3.05) is 14.2 Å². The average molecular weight is 274 g/mol. The predicted molar refractivity (Wildman–Crippen MR) is 72.6 cm³/mol. The minimum Gasteiger partial charge on any atom is -0.504 e. The molecule has 0 spiro atoms. The highest BCUT2D eigenvalue weighted by atomic mass is 16.5. The van der Waals surface area contributed by atoms with Gasteiger partial charge < -0.3 is 19.3 Å². The van der Waals surface area contributed by atoms with Crippen LogP contribution < -0.4 is 14.2 Å². The number of phenolic OH excluding ortho intramolecular Hbond substituents is 1. The number of carbonyl (C=O) groups is 1. The summed E-state index contributed by atoms with van der Waals surface area (Å²) in [5, 5.41) is 9.62. The number of rotatable bonds is 4. The quantitative estimate of drug-likeness (QED) is 0.685. The van der Waals surface area contributed by atoms with E-state index in [1.54, 1.807) is 24.3 Å². The average Bonchev–Trinajstić information content (AvgIpc) is 2.47. The molecule has 5 nitrogen and oxygen atoms in total. The van der Waals surface area contributed by atoms with Crippen LogP contribution in [0.3, 0.4) is 0 Å². The van der Waals surface area contributed by atoms with E-state index in [1.165, 1.54) is 32.4 Å². The molecule has 0 radical (unpaired) electrons. The molecule has 0 aromatic heterocycles. The number of methoxy groups -OCH3 is 2. The highest BCUT2D eigenvalue weighted by Gasteiger charge is 2.11. The fourth-order valence-corrected chi connectivity index (χ4v) is 1.65. The van der Waals surface area contributed by atoms with Gasteiger partial charge in [0.15, 0.2) is 11.5 Å². The second-order valence-electron chi connectivity index (χ2n) is 3.96. The van der Waals surface area contributed by atoms with Crippen molar-refractivity contribution in [3.63, 3.8) is 0 Å². The number of hydrogen-bond acceptors (Lipinski definition) is 5. The second kappa shape index (κ2) is 5.97. The van der Waals surface area contributed by atoms with E-state index < -0.39 is 5.97 Å². The van der Waals surface area contributed by atoms with E-state index in [1.807, 2.05) is 0 Å². The lowest BCUT2D eigenvalue weighted by Gasteiger charge is -2.08. The van der Waals surface area contributed by atoms with Gasteiger partial charge in [0, 0.05) is 6.07 Å². The summed E-state index contributed by atoms with van der Waals surface area (Å²) in [4.78, 5) is 12.0. The summed E-state index contributed by atoms with van der Waals surface area (Å²) in [7, 11) is 2.96. The maximum absolute atomic E-state index is 12.0. The van der Waals surface area contributed by atoms with Gasteiger partial charge >= 0.3 is 5.97 Å². The van der Waals surface area contributed by atoms with E-state index in [0.29, 0.717) is 17.1 Å². The number of benzene rings is 2. The molecule has 0 heterocycles. The molecule has 20 heavy (non-hydrogen) atoms. The monoisotopic (exact) mass is 274 g/mol. The Labute approximate surface area is 116 Å². The zero-order chi connectivity index (χ0) is 14.5. The molecule has 0 aliphatic carbocycles. The van der Waals surface area contributed by atoms with Gasteiger partial charge in [0.25, 0.3) is 0 Å². The van der Waals surface area contributed by atoms with Gasteiger partial charge in [0.1, 0.15) is 11.5 Å². The minimum atomic E-state index is -0.534. The van der Waals surface area contributed by atoms with Crippen LogP contribution in [0.5, 0.6) is 23.0 Å². The Morgan fingerprint density at radius 3 is 2.45 bits per heavy atom. The van der Waals surface area contributed by atoms with Gasteiger partial charge in [0.2, 0.25) is 0 Å². The number of phenols is 1. The van der Waals surface area contributed by atoms with E-state index in [4.69, 9.17) is 14.2 Å². The maximum atomic E-state index is 12.0. The Morgan fingerprint density at radius 2 is 1.80 bits per heavy atom. The highest BCUT2D eigenvalue weighted by molar-refractivity contribution is 5.91. The molecule has 0 amide bonds. The minimum absolute atomic E-state index is 0.0940. The smallest absolute Gasteiger partial charge is 0.343 e. The van der Waals surface area contributed by atoms with Gasteiger partial charge in [0.05, 0.1) is 19.8 Å². The van der Waals surface area contributed by atoms with E-state index in [2.05, 4.69) is 0 Å². The maximum Gasteiger partial charge on any atom is 0.343 e. The van der Waals surface area contributed by atoms with Gasteiger partial charge in [-0.2, -0.15) is 0 Å². The summed E-state index contributed by atoms with van der Waals surface area (Å²) in [6.45, 7) is 0. The topological polar surface area (TPSA) is 65.0 Å². The van der Waals surface area contributed by atoms with E-state index in [0.717, 1.165) is 0 Å². The van der Waals surface area contributed by atoms with E-state index in [9.17, 15) is 9.90 Å². The number of ether oxygens (including phenoxy) is 3. The van der Waals surface area contributed by atoms with Crippen molar-refractivity contribution in [1.82, 2.24) is 0 Å². The highest BCUT2D eigenvalue weighted by Crippen LogP contribution is 2.30. The molecule has 2 rings (SSSR count). The van der Waals surface area contributed by atoms with Crippen LogP contribution in [-0.4, -0.2) is 25.3 Å². The third kappa shape index (κ3) is 3.00. The van der Waals surface area contributed by atoms with Gasteiger partial charge in [-0.25, -0.2) is 4.79 Å². The first-order chi connectivity index (χ1) is 9.63. The fraction of sp³-hybridized carbons (Fsp3) is 0.133. The van der Waals surface area contributed by atoms with Crippen molar-refractivity contribution in [2.24, 2.45) is 0 Å². The van der Waals surface area contributed by atoms with Crippen molar-refractivity contribution < 1.29 is 24.1 Å². The molecule has 5 heteroatoms. The molecule has 104 valence electrons. The van der Waals surface area contributed by atoms with Crippen molar-refractivity contribution in [2.45, 2.75) is 0 Å². The predicted octanol–water partition coefficient (Wildman–Crippen LogP) is 2.63. The zero-order valence-corrected chi connectivity index (χ0v) is 11.1. The number of aromatic hydroxyl groups is 1.